The summed E-state index contributed by atoms with van der Waals surface area (Å²) >= 11 is 6.99. The van der Waals surface area contributed by atoms with E-state index in [2.05, 4.69) is 57.4 Å². The first kappa shape index (κ1) is 16.0. The molecule has 0 bridgehead atoms. The minimum absolute atomic E-state index is 0.286. The fourth-order valence-electron chi connectivity index (χ4n) is 1.57. The predicted molar refractivity (Wildman–Crippen MR) is 90.3 cm³/mol. The van der Waals surface area contributed by atoms with Crippen molar-refractivity contribution in [1.29, 1.82) is 0 Å². The molecule has 0 spiro atoms. The van der Waals surface area contributed by atoms with Crippen LogP contribution >= 0.6 is 31.9 Å². The molecule has 0 amide bonds. The summed E-state index contributed by atoms with van der Waals surface area (Å²) in [4.78, 5) is 12.7. The zero-order chi connectivity index (χ0) is 15.2. The Kier molecular flexibility index (Phi) is 5.75. The maximum Gasteiger partial charge on any atom is 0.323 e. The topological polar surface area (TPSA) is 72.0 Å². The van der Waals surface area contributed by atoms with Gasteiger partial charge in [0.05, 0.1) is 12.3 Å². The van der Waals surface area contributed by atoms with Crippen molar-refractivity contribution in [2.45, 2.75) is 13.8 Å². The van der Waals surface area contributed by atoms with Gasteiger partial charge in [0.2, 0.25) is 11.9 Å². The van der Waals surface area contributed by atoms with Crippen LogP contribution in [0.2, 0.25) is 0 Å². The highest BCUT2D eigenvalue weighted by atomic mass is 79.9. The number of benzene rings is 1. The van der Waals surface area contributed by atoms with Gasteiger partial charge in [-0.15, -0.1) is 0 Å². The molecule has 112 valence electrons. The summed E-state index contributed by atoms with van der Waals surface area (Å²) in [7, 11) is 0. The number of nitrogens with one attached hydrogen (secondary N) is 2. The molecule has 0 fully saturated rings. The van der Waals surface area contributed by atoms with Crippen LogP contribution in [0.5, 0.6) is 6.01 Å². The van der Waals surface area contributed by atoms with Crippen LogP contribution in [0, 0.1) is 0 Å². The molecular weight excluding hydrogens is 402 g/mol. The summed E-state index contributed by atoms with van der Waals surface area (Å²) in [6, 6.07) is 6.09. The summed E-state index contributed by atoms with van der Waals surface area (Å²) in [5.41, 5.74) is 0.841. The molecule has 0 radical (unpaired) electrons. The fourth-order valence-corrected chi connectivity index (χ4v) is 2.77. The van der Waals surface area contributed by atoms with Crippen molar-refractivity contribution >= 4 is 49.4 Å². The van der Waals surface area contributed by atoms with Crippen LogP contribution in [0.4, 0.5) is 17.6 Å². The van der Waals surface area contributed by atoms with Gasteiger partial charge in [0, 0.05) is 15.5 Å². The van der Waals surface area contributed by atoms with Gasteiger partial charge in [-0.2, -0.15) is 15.0 Å². The van der Waals surface area contributed by atoms with E-state index in [1.54, 1.807) is 0 Å². The van der Waals surface area contributed by atoms with Crippen LogP contribution in [0.25, 0.3) is 0 Å². The van der Waals surface area contributed by atoms with E-state index in [9.17, 15) is 0 Å². The molecule has 0 aliphatic carbocycles. The summed E-state index contributed by atoms with van der Waals surface area (Å²) in [6.07, 6.45) is 0. The number of hydrogen-bond acceptors (Lipinski definition) is 6. The lowest BCUT2D eigenvalue weighted by Crippen LogP contribution is -2.09. The van der Waals surface area contributed by atoms with Gasteiger partial charge in [-0.3, -0.25) is 0 Å². The molecule has 2 aromatic rings. The number of rotatable bonds is 6. The van der Waals surface area contributed by atoms with Crippen molar-refractivity contribution in [3.8, 4) is 6.01 Å². The highest BCUT2D eigenvalue weighted by Crippen LogP contribution is 2.32. The Labute approximate surface area is 140 Å². The second-order valence-electron chi connectivity index (χ2n) is 3.95. The summed E-state index contributed by atoms with van der Waals surface area (Å²) in [5.74, 6) is 0.888. The lowest BCUT2D eigenvalue weighted by Gasteiger charge is -2.11. The Morgan fingerprint density at radius 1 is 1.05 bits per heavy atom. The average molecular weight is 417 g/mol. The van der Waals surface area contributed by atoms with Gasteiger partial charge < -0.3 is 15.4 Å². The van der Waals surface area contributed by atoms with Crippen LogP contribution in [0.3, 0.4) is 0 Å². The van der Waals surface area contributed by atoms with Crippen molar-refractivity contribution < 1.29 is 4.74 Å². The summed E-state index contributed by atoms with van der Waals surface area (Å²) in [5, 5.41) is 6.22. The highest BCUT2D eigenvalue weighted by Gasteiger charge is 2.10. The first-order valence-corrected chi connectivity index (χ1v) is 8.06. The molecule has 0 aliphatic rings. The molecule has 1 heterocycles. The van der Waals surface area contributed by atoms with E-state index in [4.69, 9.17) is 4.74 Å². The van der Waals surface area contributed by atoms with E-state index >= 15 is 0 Å². The van der Waals surface area contributed by atoms with Gasteiger partial charge in [0.25, 0.3) is 0 Å². The normalized spacial score (nSPS) is 10.3. The number of nitrogens with zero attached hydrogens (tertiary/aromatic N) is 3. The second kappa shape index (κ2) is 7.56. The van der Waals surface area contributed by atoms with E-state index in [0.717, 1.165) is 14.6 Å². The smallest absolute Gasteiger partial charge is 0.323 e. The van der Waals surface area contributed by atoms with Crippen molar-refractivity contribution in [1.82, 2.24) is 15.0 Å². The van der Waals surface area contributed by atoms with Gasteiger partial charge in [-0.25, -0.2) is 0 Å². The molecule has 0 saturated carbocycles. The Balaban J connectivity index is 2.34. The van der Waals surface area contributed by atoms with Crippen molar-refractivity contribution in [2.24, 2.45) is 0 Å². The number of aromatic nitrogens is 3. The first-order chi connectivity index (χ1) is 10.1. The zero-order valence-electron chi connectivity index (χ0n) is 11.7. The number of para-hydroxylation sites is 1. The molecule has 21 heavy (non-hydrogen) atoms. The number of halogens is 2. The van der Waals surface area contributed by atoms with E-state index in [1.807, 2.05) is 32.0 Å². The van der Waals surface area contributed by atoms with Crippen LogP contribution in [0.1, 0.15) is 13.8 Å². The standard InChI is InChI=1S/C13H15Br2N5O/c1-3-16-11-18-12(20-13(19-11)21-4-2)17-10-8(14)6-5-7-9(10)15/h5-7H,3-4H2,1-2H3,(H2,16,17,18,19,20). The monoisotopic (exact) mass is 415 g/mol. The van der Waals surface area contributed by atoms with E-state index < -0.39 is 0 Å². The van der Waals surface area contributed by atoms with Crippen molar-refractivity contribution in [2.75, 3.05) is 23.8 Å². The van der Waals surface area contributed by atoms with Crippen LogP contribution in [0.15, 0.2) is 27.1 Å². The van der Waals surface area contributed by atoms with Gasteiger partial charge >= 0.3 is 6.01 Å². The summed E-state index contributed by atoms with van der Waals surface area (Å²) < 4.78 is 7.17. The molecule has 0 aliphatic heterocycles. The first-order valence-electron chi connectivity index (χ1n) is 6.47. The highest BCUT2D eigenvalue weighted by molar-refractivity contribution is 9.11. The van der Waals surface area contributed by atoms with Crippen molar-refractivity contribution in [3.63, 3.8) is 0 Å². The average Bonchev–Trinajstić information content (AvgIpc) is 2.44. The largest absolute Gasteiger partial charge is 0.464 e. The Morgan fingerprint density at radius 3 is 2.33 bits per heavy atom. The van der Waals surface area contributed by atoms with Gasteiger partial charge in [-0.05, 0) is 57.8 Å². The molecule has 2 rings (SSSR count). The van der Waals surface area contributed by atoms with Gasteiger partial charge in [0.1, 0.15) is 0 Å². The maximum atomic E-state index is 5.37. The second-order valence-corrected chi connectivity index (χ2v) is 5.66. The third-order valence-corrected chi connectivity index (χ3v) is 3.74. The molecule has 0 atom stereocenters. The molecule has 1 aromatic heterocycles. The maximum absolute atomic E-state index is 5.37. The molecule has 8 heteroatoms. The van der Waals surface area contributed by atoms with E-state index in [-0.39, 0.29) is 6.01 Å². The van der Waals surface area contributed by atoms with Gasteiger partial charge in [0.15, 0.2) is 0 Å². The van der Waals surface area contributed by atoms with Gasteiger partial charge in [-0.1, -0.05) is 6.07 Å². The third kappa shape index (κ3) is 4.28. The summed E-state index contributed by atoms with van der Waals surface area (Å²) in [6.45, 7) is 5.07. The SMILES string of the molecule is CCNc1nc(Nc2c(Br)cccc2Br)nc(OCC)n1. The van der Waals surface area contributed by atoms with E-state index in [0.29, 0.717) is 25.0 Å². The minimum atomic E-state index is 0.286. The number of hydrogen-bond donors (Lipinski definition) is 2. The van der Waals surface area contributed by atoms with Crippen molar-refractivity contribution in [3.05, 3.63) is 27.1 Å². The molecule has 0 unspecified atom stereocenters. The molecular formula is C13H15Br2N5O. The molecule has 1 aromatic carbocycles. The Hall–Kier alpha value is -1.41. The van der Waals surface area contributed by atoms with Crippen LogP contribution in [-0.4, -0.2) is 28.1 Å². The van der Waals surface area contributed by atoms with E-state index in [1.165, 1.54) is 0 Å². The Morgan fingerprint density at radius 2 is 1.71 bits per heavy atom. The molecule has 0 saturated heterocycles. The quantitative estimate of drug-likeness (QED) is 0.742. The number of anilines is 3. The molecule has 2 N–H and O–H groups in total. The minimum Gasteiger partial charge on any atom is -0.464 e. The Bertz CT molecular complexity index is 579. The van der Waals surface area contributed by atoms with Crippen LogP contribution in [-0.2, 0) is 0 Å². The van der Waals surface area contributed by atoms with Crippen LogP contribution < -0.4 is 15.4 Å². The predicted octanol–water partition coefficient (Wildman–Crippen LogP) is 3.97. The molecule has 6 nitrogen and oxygen atoms in total. The fraction of sp³-hybridized carbons (Fsp3) is 0.308. The number of ether oxygens (including phenoxy) is 1. The lowest BCUT2D eigenvalue weighted by atomic mass is 10.3. The zero-order valence-corrected chi connectivity index (χ0v) is 14.8. The third-order valence-electron chi connectivity index (χ3n) is 2.42. The lowest BCUT2D eigenvalue weighted by molar-refractivity contribution is 0.312.